The molecule has 4 aromatic rings. The van der Waals surface area contributed by atoms with Crippen molar-refractivity contribution in [1.82, 2.24) is 4.90 Å². The molecule has 10 nitrogen and oxygen atoms in total. The van der Waals surface area contributed by atoms with Crippen LogP contribution in [0.4, 0.5) is 4.79 Å². The lowest BCUT2D eigenvalue weighted by Crippen LogP contribution is -2.55. The summed E-state index contributed by atoms with van der Waals surface area (Å²) in [6.07, 6.45) is 5.48. The molecule has 1 aliphatic heterocycles. The van der Waals surface area contributed by atoms with Gasteiger partial charge in [-0.1, -0.05) is 54.1 Å². The van der Waals surface area contributed by atoms with Crippen LogP contribution < -0.4 is 14.2 Å². The Morgan fingerprint density at radius 3 is 2.28 bits per heavy atom. The third-order valence-corrected chi connectivity index (χ3v) is 12.7. The van der Waals surface area contributed by atoms with E-state index in [4.69, 9.17) is 23.1 Å². The number of aryl methyl sites for hydroxylation is 1. The fourth-order valence-electron chi connectivity index (χ4n) is 8.62. The van der Waals surface area contributed by atoms with Crippen LogP contribution in [0, 0.1) is 12.8 Å². The maximum Gasteiger partial charge on any atom is 0.410 e. The standard InChI is InChI=1S/C47H51NO9S/c1-30-14-18-37(19-15-30)58(51,52)56-23-22-31-16-20-39(41(49)24-31)38-21-17-36(54-6)27-40(38)33-28-47(34-11-9-12-35(26-34)53-5)43(48(29-33)45(50)57-46(2,3)4)25-32-10-8-13-42(55-7)44(32)47/h8-15,17-21,26-28,31,43H,16,22-25,29H2,1-7H3/t31-,43+,47-/m1/s1. The van der Waals surface area contributed by atoms with Gasteiger partial charge in [-0.2, -0.15) is 8.42 Å². The molecule has 0 spiro atoms. The Morgan fingerprint density at radius 1 is 0.862 bits per heavy atom. The first-order valence-corrected chi connectivity index (χ1v) is 21.0. The Bertz CT molecular complexity index is 2390. The molecule has 0 saturated carbocycles. The molecule has 0 N–H and O–H groups in total. The fraction of sp³-hybridized carbons (Fsp3) is 0.362. The number of Topliss-reactive ketones (excluding diaryl/α,β-unsaturated/α-hetero) is 1. The molecular formula is C47H51NO9S. The van der Waals surface area contributed by atoms with Gasteiger partial charge in [-0.15, -0.1) is 0 Å². The van der Waals surface area contributed by atoms with Crippen LogP contribution in [0.5, 0.6) is 17.2 Å². The number of carbonyl (C=O) groups is 2. The number of ketones is 1. The molecule has 1 amide bonds. The molecule has 7 rings (SSSR count). The van der Waals surface area contributed by atoms with Crippen LogP contribution in [0.15, 0.2) is 102 Å². The molecular weight excluding hydrogens is 755 g/mol. The molecule has 0 aromatic heterocycles. The summed E-state index contributed by atoms with van der Waals surface area (Å²) in [4.78, 5) is 30.5. The first-order valence-electron chi connectivity index (χ1n) is 19.6. The molecule has 0 saturated heterocycles. The lowest BCUT2D eigenvalue weighted by atomic mass is 9.68. The second-order valence-corrected chi connectivity index (χ2v) is 17.8. The van der Waals surface area contributed by atoms with Gasteiger partial charge in [0, 0.05) is 24.1 Å². The van der Waals surface area contributed by atoms with Gasteiger partial charge in [-0.05, 0) is 129 Å². The number of nitrogens with zero attached hydrogens (tertiary/aromatic N) is 1. The van der Waals surface area contributed by atoms with Crippen LogP contribution in [-0.2, 0) is 35.7 Å². The van der Waals surface area contributed by atoms with Crippen LogP contribution in [0.1, 0.15) is 73.4 Å². The highest BCUT2D eigenvalue weighted by molar-refractivity contribution is 7.86. The SMILES string of the molecule is COc1cccc([C@]23C=C(c4cc(OC)ccc4C4=CC[C@H](CCOS(=O)(=O)c5ccc(C)cc5)CC4=O)CN(C(=O)OC(C)(C)C)[C@H]2Cc2cccc(OC)c23)c1. The summed E-state index contributed by atoms with van der Waals surface area (Å²) >= 11 is 0. The third kappa shape index (κ3) is 7.89. The molecule has 304 valence electrons. The van der Waals surface area contributed by atoms with E-state index in [2.05, 4.69) is 18.2 Å². The van der Waals surface area contributed by atoms with E-state index in [1.807, 2.05) is 87.2 Å². The van der Waals surface area contributed by atoms with Gasteiger partial charge in [-0.25, -0.2) is 4.79 Å². The number of ether oxygens (including phenoxy) is 4. The minimum atomic E-state index is -3.92. The lowest BCUT2D eigenvalue weighted by molar-refractivity contribution is -0.115. The summed E-state index contributed by atoms with van der Waals surface area (Å²) in [5.41, 5.74) is 5.05. The van der Waals surface area contributed by atoms with Crippen molar-refractivity contribution in [2.75, 3.05) is 34.5 Å². The van der Waals surface area contributed by atoms with E-state index < -0.39 is 27.2 Å². The molecule has 3 atom stereocenters. The van der Waals surface area contributed by atoms with E-state index in [0.717, 1.165) is 39.0 Å². The van der Waals surface area contributed by atoms with Gasteiger partial charge >= 0.3 is 6.09 Å². The molecule has 0 unspecified atom stereocenters. The zero-order valence-electron chi connectivity index (χ0n) is 34.2. The minimum absolute atomic E-state index is 0.0308. The minimum Gasteiger partial charge on any atom is -0.497 e. The van der Waals surface area contributed by atoms with E-state index in [-0.39, 0.29) is 42.2 Å². The van der Waals surface area contributed by atoms with Crippen molar-refractivity contribution in [2.45, 2.75) is 75.3 Å². The molecule has 58 heavy (non-hydrogen) atoms. The highest BCUT2D eigenvalue weighted by Crippen LogP contribution is 2.55. The van der Waals surface area contributed by atoms with Crippen molar-refractivity contribution in [2.24, 2.45) is 5.92 Å². The van der Waals surface area contributed by atoms with Crippen molar-refractivity contribution < 1.29 is 41.1 Å². The highest BCUT2D eigenvalue weighted by Gasteiger charge is 2.55. The molecule has 4 aromatic carbocycles. The topological polar surface area (TPSA) is 118 Å². The van der Waals surface area contributed by atoms with Gasteiger partial charge in [0.1, 0.15) is 22.8 Å². The quantitative estimate of drug-likeness (QED) is 0.137. The van der Waals surface area contributed by atoms with Gasteiger partial charge < -0.3 is 18.9 Å². The number of fused-ring (bicyclic) bond motifs is 3. The van der Waals surface area contributed by atoms with Crippen LogP contribution >= 0.6 is 0 Å². The third-order valence-electron chi connectivity index (χ3n) is 11.3. The first-order chi connectivity index (χ1) is 27.7. The second-order valence-electron chi connectivity index (χ2n) is 16.2. The molecule has 3 aliphatic rings. The monoisotopic (exact) mass is 805 g/mol. The average Bonchev–Trinajstić information content (AvgIpc) is 3.55. The second kappa shape index (κ2) is 16.1. The number of benzene rings is 4. The van der Waals surface area contributed by atoms with E-state index >= 15 is 0 Å². The number of hydrogen-bond acceptors (Lipinski definition) is 9. The first kappa shape index (κ1) is 40.8. The van der Waals surface area contributed by atoms with Crippen molar-refractivity contribution in [3.05, 3.63) is 130 Å². The summed E-state index contributed by atoms with van der Waals surface area (Å²) < 4.78 is 54.7. The number of carbonyl (C=O) groups excluding carboxylic acids is 2. The molecule has 2 aliphatic carbocycles. The normalized spacial score (nSPS) is 20.4. The van der Waals surface area contributed by atoms with E-state index in [1.54, 1.807) is 33.5 Å². The van der Waals surface area contributed by atoms with Crippen molar-refractivity contribution in [1.29, 1.82) is 0 Å². The maximum atomic E-state index is 14.5. The predicted molar refractivity (Wildman–Crippen MR) is 223 cm³/mol. The van der Waals surface area contributed by atoms with Gasteiger partial charge in [0.2, 0.25) is 0 Å². The zero-order chi connectivity index (χ0) is 41.4. The molecule has 1 heterocycles. The van der Waals surface area contributed by atoms with Crippen molar-refractivity contribution >= 4 is 33.1 Å². The number of rotatable bonds is 11. The number of amides is 1. The fourth-order valence-corrected chi connectivity index (χ4v) is 9.54. The van der Waals surface area contributed by atoms with Gasteiger partial charge in [0.15, 0.2) is 5.78 Å². The van der Waals surface area contributed by atoms with E-state index in [1.165, 1.54) is 12.1 Å². The Morgan fingerprint density at radius 2 is 1.59 bits per heavy atom. The highest BCUT2D eigenvalue weighted by atomic mass is 32.2. The van der Waals surface area contributed by atoms with Crippen LogP contribution in [0.3, 0.4) is 0 Å². The average molecular weight is 806 g/mol. The van der Waals surface area contributed by atoms with E-state index in [0.29, 0.717) is 42.1 Å². The molecule has 11 heteroatoms. The van der Waals surface area contributed by atoms with Gasteiger partial charge in [-0.3, -0.25) is 13.9 Å². The maximum absolute atomic E-state index is 14.5. The van der Waals surface area contributed by atoms with Crippen molar-refractivity contribution in [3.8, 4) is 17.2 Å². The molecule has 0 fully saturated rings. The smallest absolute Gasteiger partial charge is 0.410 e. The van der Waals surface area contributed by atoms with Gasteiger partial charge in [0.25, 0.3) is 10.1 Å². The zero-order valence-corrected chi connectivity index (χ0v) is 35.0. The summed E-state index contributed by atoms with van der Waals surface area (Å²) in [5, 5.41) is 0. The Labute approximate surface area is 341 Å². The number of allylic oxidation sites excluding steroid dienone is 2. The summed E-state index contributed by atoms with van der Waals surface area (Å²) in [6, 6.07) is 25.7. The summed E-state index contributed by atoms with van der Waals surface area (Å²) in [6.45, 7) is 7.64. The summed E-state index contributed by atoms with van der Waals surface area (Å²) in [7, 11) is 0.973. The van der Waals surface area contributed by atoms with E-state index in [9.17, 15) is 18.0 Å². The number of methoxy groups -OCH3 is 3. The van der Waals surface area contributed by atoms with Crippen LogP contribution in [0.25, 0.3) is 11.1 Å². The largest absolute Gasteiger partial charge is 0.497 e. The Balaban J connectivity index is 1.31. The Hall–Kier alpha value is -5.39. The molecule has 0 radical (unpaired) electrons. The lowest BCUT2D eigenvalue weighted by Gasteiger charge is -2.46. The number of hydrogen-bond donors (Lipinski definition) is 0. The molecule has 0 bridgehead atoms. The van der Waals surface area contributed by atoms with Gasteiger partial charge in [0.05, 0.1) is 44.3 Å². The summed E-state index contributed by atoms with van der Waals surface area (Å²) in [5.74, 6) is 1.81. The van der Waals surface area contributed by atoms with Crippen LogP contribution in [0.2, 0.25) is 0 Å². The Kier molecular flexibility index (Phi) is 11.3. The predicted octanol–water partition coefficient (Wildman–Crippen LogP) is 8.72. The van der Waals surface area contributed by atoms with Crippen LogP contribution in [-0.4, -0.2) is 71.3 Å². The van der Waals surface area contributed by atoms with Crippen molar-refractivity contribution in [3.63, 3.8) is 0 Å².